The minimum atomic E-state index is 0.241. The number of amides is 1. The maximum atomic E-state index is 12.6. The van der Waals surface area contributed by atoms with Crippen molar-refractivity contribution in [1.29, 1.82) is 0 Å². The molecule has 134 valence electrons. The summed E-state index contributed by atoms with van der Waals surface area (Å²) in [6, 6.07) is 5.83. The quantitative estimate of drug-likeness (QED) is 0.794. The minimum Gasteiger partial charge on any atom is -0.493 e. The van der Waals surface area contributed by atoms with Gasteiger partial charge in [0.25, 0.3) is 0 Å². The summed E-state index contributed by atoms with van der Waals surface area (Å²) < 4.78 is 10.6. The number of benzene rings is 1. The number of carbonyl (C=O) groups is 1. The minimum absolute atomic E-state index is 0.241. The van der Waals surface area contributed by atoms with E-state index in [-0.39, 0.29) is 5.91 Å². The van der Waals surface area contributed by atoms with Gasteiger partial charge < -0.3 is 19.7 Å². The number of carbonyl (C=O) groups excluding carboxylic acids is 1. The lowest BCUT2D eigenvalue weighted by molar-refractivity contribution is -0.132. The van der Waals surface area contributed by atoms with Crippen molar-refractivity contribution in [2.75, 3.05) is 33.9 Å². The molecule has 1 heterocycles. The number of methoxy groups -OCH3 is 2. The van der Waals surface area contributed by atoms with Crippen molar-refractivity contribution in [2.24, 2.45) is 5.92 Å². The molecule has 0 radical (unpaired) electrons. The summed E-state index contributed by atoms with van der Waals surface area (Å²) in [6.45, 7) is 5.54. The molecule has 1 aliphatic heterocycles. The topological polar surface area (TPSA) is 50.8 Å². The number of nitrogens with one attached hydrogen (secondary N) is 1. The van der Waals surface area contributed by atoms with Gasteiger partial charge in [0, 0.05) is 19.5 Å². The van der Waals surface area contributed by atoms with E-state index in [0.717, 1.165) is 31.6 Å². The highest BCUT2D eigenvalue weighted by molar-refractivity contribution is 5.76. The van der Waals surface area contributed by atoms with E-state index in [1.165, 1.54) is 12.8 Å². The van der Waals surface area contributed by atoms with Crippen LogP contribution in [-0.2, 0) is 11.3 Å². The smallest absolute Gasteiger partial charge is 0.222 e. The monoisotopic (exact) mass is 334 g/mol. The van der Waals surface area contributed by atoms with Gasteiger partial charge in [0.1, 0.15) is 0 Å². The van der Waals surface area contributed by atoms with Gasteiger partial charge >= 0.3 is 0 Å². The van der Waals surface area contributed by atoms with Crippen LogP contribution in [0.15, 0.2) is 18.2 Å². The normalized spacial score (nSPS) is 15.1. The third-order valence-electron chi connectivity index (χ3n) is 4.78. The molecule has 0 atom stereocenters. The molecule has 0 aromatic heterocycles. The van der Waals surface area contributed by atoms with Crippen molar-refractivity contribution in [2.45, 2.75) is 39.2 Å². The van der Waals surface area contributed by atoms with Gasteiger partial charge in [0.2, 0.25) is 5.91 Å². The predicted molar refractivity (Wildman–Crippen MR) is 95.5 cm³/mol. The number of ether oxygens (including phenoxy) is 2. The zero-order valence-corrected chi connectivity index (χ0v) is 15.1. The van der Waals surface area contributed by atoms with E-state index in [1.807, 2.05) is 30.0 Å². The molecular formula is C19H30N2O3. The molecule has 0 bridgehead atoms. The fraction of sp³-hybridized carbons (Fsp3) is 0.632. The number of rotatable bonds is 8. The van der Waals surface area contributed by atoms with Gasteiger partial charge in [-0.05, 0) is 62.9 Å². The first kappa shape index (κ1) is 18.6. The standard InChI is InChI=1S/C19H30N2O3/c1-4-21(19(22)8-6-15-9-11-20-12-10-15)14-16-5-7-17(23-2)18(13-16)24-3/h5,7,13,15,20H,4,6,8-12,14H2,1-3H3. The molecule has 1 saturated heterocycles. The van der Waals surface area contributed by atoms with Gasteiger partial charge in [0.05, 0.1) is 14.2 Å². The molecule has 2 rings (SSSR count). The summed E-state index contributed by atoms with van der Waals surface area (Å²) in [4.78, 5) is 14.5. The second-order valence-corrected chi connectivity index (χ2v) is 6.33. The molecule has 1 aromatic rings. The average molecular weight is 334 g/mol. The van der Waals surface area contributed by atoms with Gasteiger partial charge in [-0.3, -0.25) is 4.79 Å². The number of nitrogens with zero attached hydrogens (tertiary/aromatic N) is 1. The second kappa shape index (κ2) is 9.52. The fourth-order valence-corrected chi connectivity index (χ4v) is 3.23. The van der Waals surface area contributed by atoms with E-state index in [4.69, 9.17) is 9.47 Å². The zero-order chi connectivity index (χ0) is 17.4. The molecule has 5 nitrogen and oxygen atoms in total. The lowest BCUT2D eigenvalue weighted by Crippen LogP contribution is -2.32. The van der Waals surface area contributed by atoms with Gasteiger partial charge in [-0.25, -0.2) is 0 Å². The van der Waals surface area contributed by atoms with E-state index in [0.29, 0.717) is 30.4 Å². The maximum Gasteiger partial charge on any atom is 0.222 e. The second-order valence-electron chi connectivity index (χ2n) is 6.33. The highest BCUT2D eigenvalue weighted by atomic mass is 16.5. The maximum absolute atomic E-state index is 12.6. The van der Waals surface area contributed by atoms with Crippen LogP contribution in [0.4, 0.5) is 0 Å². The molecule has 1 aromatic carbocycles. The lowest BCUT2D eigenvalue weighted by atomic mass is 9.93. The lowest BCUT2D eigenvalue weighted by Gasteiger charge is -2.25. The Morgan fingerprint density at radius 2 is 1.92 bits per heavy atom. The number of hydrogen-bond donors (Lipinski definition) is 1. The van der Waals surface area contributed by atoms with E-state index in [9.17, 15) is 4.79 Å². The van der Waals surface area contributed by atoms with Gasteiger partial charge in [-0.1, -0.05) is 6.07 Å². The Kier molecular flexibility index (Phi) is 7.37. The summed E-state index contributed by atoms with van der Waals surface area (Å²) in [5.74, 6) is 2.34. The molecule has 5 heteroatoms. The highest BCUT2D eigenvalue weighted by Gasteiger charge is 2.18. The largest absolute Gasteiger partial charge is 0.493 e. The van der Waals surface area contributed by atoms with Crippen molar-refractivity contribution >= 4 is 5.91 Å². The van der Waals surface area contributed by atoms with Gasteiger partial charge in [0.15, 0.2) is 11.5 Å². The summed E-state index contributed by atoms with van der Waals surface area (Å²) in [7, 11) is 3.25. The van der Waals surface area contributed by atoms with E-state index < -0.39 is 0 Å². The Bertz CT molecular complexity index is 527. The molecule has 0 unspecified atom stereocenters. The van der Waals surface area contributed by atoms with Crippen molar-refractivity contribution in [3.05, 3.63) is 23.8 Å². The first-order valence-corrected chi connectivity index (χ1v) is 8.87. The van der Waals surface area contributed by atoms with E-state index in [1.54, 1.807) is 14.2 Å². The average Bonchev–Trinajstić information content (AvgIpc) is 2.64. The van der Waals surface area contributed by atoms with Crippen LogP contribution in [0.1, 0.15) is 38.2 Å². The van der Waals surface area contributed by atoms with Crippen LogP contribution in [0.2, 0.25) is 0 Å². The van der Waals surface area contributed by atoms with Crippen molar-refractivity contribution in [3.63, 3.8) is 0 Å². The van der Waals surface area contributed by atoms with Crippen LogP contribution in [-0.4, -0.2) is 44.7 Å². The van der Waals surface area contributed by atoms with E-state index in [2.05, 4.69) is 5.32 Å². The Labute approximate surface area is 145 Å². The summed E-state index contributed by atoms with van der Waals surface area (Å²) >= 11 is 0. The molecular weight excluding hydrogens is 304 g/mol. The molecule has 0 spiro atoms. The third-order valence-corrected chi connectivity index (χ3v) is 4.78. The Hall–Kier alpha value is -1.75. The van der Waals surface area contributed by atoms with Crippen LogP contribution in [0, 0.1) is 5.92 Å². The van der Waals surface area contributed by atoms with Crippen LogP contribution >= 0.6 is 0 Å². The molecule has 24 heavy (non-hydrogen) atoms. The Morgan fingerprint density at radius 3 is 2.54 bits per heavy atom. The molecule has 1 N–H and O–H groups in total. The van der Waals surface area contributed by atoms with Crippen molar-refractivity contribution in [3.8, 4) is 11.5 Å². The first-order chi connectivity index (χ1) is 11.7. The molecule has 1 fully saturated rings. The van der Waals surface area contributed by atoms with Crippen molar-refractivity contribution in [1.82, 2.24) is 10.2 Å². The summed E-state index contributed by atoms with van der Waals surface area (Å²) in [5.41, 5.74) is 1.06. The van der Waals surface area contributed by atoms with Crippen LogP contribution in [0.3, 0.4) is 0 Å². The molecule has 0 saturated carbocycles. The molecule has 0 aliphatic carbocycles. The Morgan fingerprint density at radius 1 is 1.21 bits per heavy atom. The summed E-state index contributed by atoms with van der Waals surface area (Å²) in [5, 5.41) is 3.37. The third kappa shape index (κ3) is 5.13. The zero-order valence-electron chi connectivity index (χ0n) is 15.1. The molecule has 1 amide bonds. The van der Waals surface area contributed by atoms with Crippen molar-refractivity contribution < 1.29 is 14.3 Å². The SMILES string of the molecule is CCN(Cc1ccc(OC)c(OC)c1)C(=O)CCC1CCNCC1. The molecule has 1 aliphatic rings. The van der Waals surface area contributed by atoms with Gasteiger partial charge in [-0.2, -0.15) is 0 Å². The highest BCUT2D eigenvalue weighted by Crippen LogP contribution is 2.28. The number of piperidine rings is 1. The summed E-state index contributed by atoms with van der Waals surface area (Å²) in [6.07, 6.45) is 4.03. The fourth-order valence-electron chi connectivity index (χ4n) is 3.23. The van der Waals surface area contributed by atoms with Crippen LogP contribution in [0.5, 0.6) is 11.5 Å². The van der Waals surface area contributed by atoms with E-state index >= 15 is 0 Å². The first-order valence-electron chi connectivity index (χ1n) is 8.87. The van der Waals surface area contributed by atoms with Crippen LogP contribution in [0.25, 0.3) is 0 Å². The van der Waals surface area contributed by atoms with Gasteiger partial charge in [-0.15, -0.1) is 0 Å². The van der Waals surface area contributed by atoms with Crippen LogP contribution < -0.4 is 14.8 Å². The Balaban J connectivity index is 1.91. The number of hydrogen-bond acceptors (Lipinski definition) is 4. The predicted octanol–water partition coefficient (Wildman–Crippen LogP) is 2.83.